The molecule has 1 rings (SSSR count). The summed E-state index contributed by atoms with van der Waals surface area (Å²) < 4.78 is 17.3. The van der Waals surface area contributed by atoms with Crippen molar-refractivity contribution < 1.29 is 18.7 Å². The van der Waals surface area contributed by atoms with Crippen LogP contribution in [0.1, 0.15) is 19.4 Å². The quantitative estimate of drug-likeness (QED) is 0.842. The van der Waals surface area contributed by atoms with Gasteiger partial charge in [0, 0.05) is 6.04 Å². The molecular weight excluding hydrogens is 275 g/mol. The number of amides is 2. The van der Waals surface area contributed by atoms with Crippen molar-refractivity contribution in [3.8, 4) is 0 Å². The minimum Gasteiger partial charge on any atom is -0.453 e. The van der Waals surface area contributed by atoms with Crippen LogP contribution in [0.15, 0.2) is 24.3 Å². The zero-order valence-electron chi connectivity index (χ0n) is 12.5. The summed E-state index contributed by atoms with van der Waals surface area (Å²) in [5.74, 6) is -0.371. The highest BCUT2D eigenvalue weighted by Crippen LogP contribution is 2.11. The lowest BCUT2D eigenvalue weighted by atomic mass is 9.96. The molecule has 0 aliphatic heterocycles. The molecule has 1 atom stereocenters. The first-order chi connectivity index (χ1) is 9.92. The molecule has 0 radical (unpaired) electrons. The molecule has 0 saturated carbocycles. The van der Waals surface area contributed by atoms with Crippen LogP contribution < -0.4 is 10.6 Å². The summed E-state index contributed by atoms with van der Waals surface area (Å²) in [6.07, 6.45) is -0.0492. The van der Waals surface area contributed by atoms with Gasteiger partial charge in [-0.15, -0.1) is 0 Å². The van der Waals surface area contributed by atoms with Gasteiger partial charge in [-0.3, -0.25) is 4.79 Å². The summed E-state index contributed by atoms with van der Waals surface area (Å²) in [5, 5.41) is 5.18. The molecule has 1 aromatic rings. The highest BCUT2D eigenvalue weighted by Gasteiger charge is 2.17. The summed E-state index contributed by atoms with van der Waals surface area (Å²) in [6, 6.07) is 6.09. The Morgan fingerprint density at radius 3 is 2.38 bits per heavy atom. The summed E-state index contributed by atoms with van der Waals surface area (Å²) in [7, 11) is 1.23. The van der Waals surface area contributed by atoms with Gasteiger partial charge in [-0.2, -0.15) is 0 Å². The number of hydrogen-bond donors (Lipinski definition) is 2. The molecule has 0 aliphatic carbocycles. The average molecular weight is 296 g/mol. The van der Waals surface area contributed by atoms with Crippen LogP contribution in [0.3, 0.4) is 0 Å². The van der Waals surface area contributed by atoms with Crippen molar-refractivity contribution in [1.82, 2.24) is 10.6 Å². The number of alkyl carbamates (subject to hydrolysis) is 1. The fourth-order valence-electron chi connectivity index (χ4n) is 1.81. The fourth-order valence-corrected chi connectivity index (χ4v) is 1.81. The second-order valence-electron chi connectivity index (χ2n) is 5.09. The molecule has 0 spiro atoms. The summed E-state index contributed by atoms with van der Waals surface area (Å²) in [5.41, 5.74) is 0.941. The van der Waals surface area contributed by atoms with Crippen molar-refractivity contribution in [1.29, 1.82) is 0 Å². The van der Waals surface area contributed by atoms with Gasteiger partial charge >= 0.3 is 6.09 Å². The Balaban J connectivity index is 2.55. The Labute approximate surface area is 123 Å². The number of carbonyl (C=O) groups is 2. The van der Waals surface area contributed by atoms with Crippen LogP contribution >= 0.6 is 0 Å². The molecule has 2 N–H and O–H groups in total. The van der Waals surface area contributed by atoms with Crippen molar-refractivity contribution in [3.05, 3.63) is 35.6 Å². The number of carbonyl (C=O) groups excluding carboxylic acids is 2. The number of ether oxygens (including phenoxy) is 1. The number of benzene rings is 1. The van der Waals surface area contributed by atoms with E-state index in [1.165, 1.54) is 19.2 Å². The molecule has 5 nitrogen and oxygen atoms in total. The normalized spacial score (nSPS) is 11.9. The largest absolute Gasteiger partial charge is 0.453 e. The molecule has 2 amide bonds. The average Bonchev–Trinajstić information content (AvgIpc) is 2.46. The molecule has 21 heavy (non-hydrogen) atoms. The molecule has 0 saturated heterocycles. The van der Waals surface area contributed by atoms with E-state index in [4.69, 9.17) is 0 Å². The van der Waals surface area contributed by atoms with Crippen LogP contribution in [0.5, 0.6) is 0 Å². The van der Waals surface area contributed by atoms with E-state index in [2.05, 4.69) is 15.4 Å². The Bertz CT molecular complexity index is 474. The lowest BCUT2D eigenvalue weighted by molar-refractivity contribution is -0.121. The first-order valence-corrected chi connectivity index (χ1v) is 6.78. The van der Waals surface area contributed by atoms with E-state index in [1.807, 2.05) is 13.8 Å². The minimum absolute atomic E-state index is 0.0950. The first kappa shape index (κ1) is 16.9. The maximum atomic E-state index is 12.9. The van der Waals surface area contributed by atoms with E-state index in [0.29, 0.717) is 6.42 Å². The standard InChI is InChI=1S/C15H21FN2O3/c1-10(2)13(8-11-4-6-12(16)7-5-11)18-14(19)9-17-15(20)21-3/h4-7,10,13H,8-9H2,1-3H3,(H,17,20)(H,18,19). The molecule has 116 valence electrons. The van der Waals surface area contributed by atoms with Crippen LogP contribution in [0.2, 0.25) is 0 Å². The van der Waals surface area contributed by atoms with Gasteiger partial charge in [0.2, 0.25) is 5.91 Å². The molecule has 1 aromatic carbocycles. The third-order valence-electron chi connectivity index (χ3n) is 3.10. The monoisotopic (exact) mass is 296 g/mol. The van der Waals surface area contributed by atoms with Crippen molar-refractivity contribution in [2.75, 3.05) is 13.7 Å². The Morgan fingerprint density at radius 2 is 1.86 bits per heavy atom. The highest BCUT2D eigenvalue weighted by atomic mass is 19.1. The summed E-state index contributed by atoms with van der Waals surface area (Å²) in [6.45, 7) is 3.84. The summed E-state index contributed by atoms with van der Waals surface area (Å²) >= 11 is 0. The van der Waals surface area contributed by atoms with Crippen LogP contribution in [-0.2, 0) is 16.0 Å². The van der Waals surface area contributed by atoms with Crippen LogP contribution in [0.25, 0.3) is 0 Å². The zero-order chi connectivity index (χ0) is 15.8. The van der Waals surface area contributed by atoms with Crippen molar-refractivity contribution in [3.63, 3.8) is 0 Å². The van der Waals surface area contributed by atoms with E-state index in [0.717, 1.165) is 5.56 Å². The van der Waals surface area contributed by atoms with Gasteiger partial charge in [-0.25, -0.2) is 9.18 Å². The highest BCUT2D eigenvalue weighted by molar-refractivity contribution is 5.82. The smallest absolute Gasteiger partial charge is 0.407 e. The predicted molar refractivity (Wildman–Crippen MR) is 77.3 cm³/mol. The third kappa shape index (κ3) is 6.25. The molecule has 0 aromatic heterocycles. The van der Waals surface area contributed by atoms with Gasteiger partial charge in [-0.05, 0) is 30.0 Å². The van der Waals surface area contributed by atoms with E-state index in [9.17, 15) is 14.0 Å². The Kier molecular flexibility index (Phi) is 6.65. The van der Waals surface area contributed by atoms with E-state index < -0.39 is 6.09 Å². The molecule has 0 bridgehead atoms. The SMILES string of the molecule is COC(=O)NCC(=O)NC(Cc1ccc(F)cc1)C(C)C. The zero-order valence-corrected chi connectivity index (χ0v) is 12.5. The predicted octanol–water partition coefficient (Wildman–Crippen LogP) is 1.87. The molecular formula is C15H21FN2O3. The van der Waals surface area contributed by atoms with Gasteiger partial charge in [0.05, 0.1) is 7.11 Å². The summed E-state index contributed by atoms with van der Waals surface area (Å²) in [4.78, 5) is 22.7. The van der Waals surface area contributed by atoms with Gasteiger partial charge in [-0.1, -0.05) is 26.0 Å². The minimum atomic E-state index is -0.648. The molecule has 6 heteroatoms. The van der Waals surface area contributed by atoms with Crippen molar-refractivity contribution in [2.45, 2.75) is 26.3 Å². The second-order valence-corrected chi connectivity index (χ2v) is 5.09. The molecule has 0 heterocycles. The number of methoxy groups -OCH3 is 1. The van der Waals surface area contributed by atoms with Gasteiger partial charge in [0.25, 0.3) is 0 Å². The van der Waals surface area contributed by atoms with Gasteiger partial charge < -0.3 is 15.4 Å². The van der Waals surface area contributed by atoms with Crippen LogP contribution in [0, 0.1) is 11.7 Å². The van der Waals surface area contributed by atoms with E-state index in [1.54, 1.807) is 12.1 Å². The first-order valence-electron chi connectivity index (χ1n) is 6.78. The lowest BCUT2D eigenvalue weighted by Crippen LogP contribution is -2.45. The van der Waals surface area contributed by atoms with Crippen molar-refractivity contribution >= 4 is 12.0 Å². The Hall–Kier alpha value is -2.11. The van der Waals surface area contributed by atoms with Gasteiger partial charge in [0.1, 0.15) is 12.4 Å². The van der Waals surface area contributed by atoms with E-state index >= 15 is 0 Å². The van der Waals surface area contributed by atoms with E-state index in [-0.39, 0.29) is 30.2 Å². The number of halogens is 1. The topological polar surface area (TPSA) is 67.4 Å². The third-order valence-corrected chi connectivity index (χ3v) is 3.10. The fraction of sp³-hybridized carbons (Fsp3) is 0.467. The second kappa shape index (κ2) is 8.24. The maximum Gasteiger partial charge on any atom is 0.407 e. The number of rotatable bonds is 6. The van der Waals surface area contributed by atoms with Crippen LogP contribution in [0.4, 0.5) is 9.18 Å². The molecule has 0 fully saturated rings. The molecule has 0 aliphatic rings. The lowest BCUT2D eigenvalue weighted by Gasteiger charge is -2.22. The maximum absolute atomic E-state index is 12.9. The Morgan fingerprint density at radius 1 is 1.24 bits per heavy atom. The van der Waals surface area contributed by atoms with Gasteiger partial charge in [0.15, 0.2) is 0 Å². The molecule has 1 unspecified atom stereocenters. The number of hydrogen-bond acceptors (Lipinski definition) is 3. The number of nitrogens with one attached hydrogen (secondary N) is 2. The van der Waals surface area contributed by atoms with Crippen molar-refractivity contribution in [2.24, 2.45) is 5.92 Å². The van der Waals surface area contributed by atoms with Crippen LogP contribution in [-0.4, -0.2) is 31.7 Å².